The molecule has 0 N–H and O–H groups in total. The van der Waals surface area contributed by atoms with Crippen LogP contribution in [-0.4, -0.2) is 12.1 Å². The lowest BCUT2D eigenvalue weighted by atomic mass is 10.1. The second kappa shape index (κ2) is 1.77. The molecule has 0 aliphatic carbocycles. The van der Waals surface area contributed by atoms with Crippen LogP contribution >= 0.6 is 0 Å². The van der Waals surface area contributed by atoms with Gasteiger partial charge in [-0.3, -0.25) is 4.79 Å². The van der Waals surface area contributed by atoms with Gasteiger partial charge in [0.15, 0.2) is 0 Å². The van der Waals surface area contributed by atoms with Crippen LogP contribution in [0.2, 0.25) is 0 Å². The van der Waals surface area contributed by atoms with Crippen molar-refractivity contribution in [2.45, 2.75) is 0 Å². The maximum absolute atomic E-state index is 10.8. The number of aliphatic imine (C=N–C) groups is 1. The van der Waals surface area contributed by atoms with Crippen molar-refractivity contribution in [3.63, 3.8) is 0 Å². The van der Waals surface area contributed by atoms with Crippen molar-refractivity contribution in [2.75, 3.05) is 0 Å². The van der Waals surface area contributed by atoms with Crippen LogP contribution in [0.4, 0.5) is 0 Å². The molecule has 1 radical (unpaired) electrons. The number of fused-ring (bicyclic) bond motifs is 1. The second-order valence-electron chi connectivity index (χ2n) is 2.06. The van der Waals surface area contributed by atoms with Crippen molar-refractivity contribution >= 4 is 12.1 Å². The minimum absolute atomic E-state index is 0.160. The Labute approximate surface area is 58.2 Å². The van der Waals surface area contributed by atoms with Gasteiger partial charge < -0.3 is 0 Å². The summed E-state index contributed by atoms with van der Waals surface area (Å²) < 4.78 is 0. The third-order valence-corrected chi connectivity index (χ3v) is 1.43. The van der Waals surface area contributed by atoms with E-state index in [1.54, 1.807) is 18.2 Å². The van der Waals surface area contributed by atoms with Crippen LogP contribution in [0.5, 0.6) is 0 Å². The van der Waals surface area contributed by atoms with Gasteiger partial charge in [-0.05, 0) is 12.1 Å². The van der Waals surface area contributed by atoms with E-state index in [-0.39, 0.29) is 5.91 Å². The number of carbonyl (C=O) groups is 1. The van der Waals surface area contributed by atoms with Crippen LogP contribution in [0.3, 0.4) is 0 Å². The molecule has 0 saturated carbocycles. The first-order valence-corrected chi connectivity index (χ1v) is 2.97. The fourth-order valence-electron chi connectivity index (χ4n) is 0.936. The van der Waals surface area contributed by atoms with Gasteiger partial charge in [0.2, 0.25) is 0 Å². The summed E-state index contributed by atoms with van der Waals surface area (Å²) in [4.78, 5) is 14.5. The molecule has 0 saturated heterocycles. The zero-order valence-corrected chi connectivity index (χ0v) is 5.16. The predicted molar refractivity (Wildman–Crippen MR) is 37.2 cm³/mol. The summed E-state index contributed by atoms with van der Waals surface area (Å²) in [5.74, 6) is -0.160. The molecular formula is C8H4NO. The monoisotopic (exact) mass is 130 g/mol. The van der Waals surface area contributed by atoms with Gasteiger partial charge in [0.25, 0.3) is 5.91 Å². The van der Waals surface area contributed by atoms with Gasteiger partial charge in [-0.2, -0.15) is 0 Å². The van der Waals surface area contributed by atoms with Crippen molar-refractivity contribution in [3.8, 4) is 0 Å². The fraction of sp³-hybridized carbons (Fsp3) is 0. The number of amides is 1. The molecule has 1 heterocycles. The maximum atomic E-state index is 10.8. The summed E-state index contributed by atoms with van der Waals surface area (Å²) in [6.45, 7) is 0. The lowest BCUT2D eigenvalue weighted by Crippen LogP contribution is -1.89. The van der Waals surface area contributed by atoms with E-state index in [0.717, 1.165) is 5.56 Å². The molecule has 0 atom stereocenters. The standard InChI is InChI=1S/C8H4NO/c10-8-7-4-2-1-3-6(7)5-9-8/h1-2,4-5H. The Hall–Kier alpha value is -1.44. The van der Waals surface area contributed by atoms with Gasteiger partial charge >= 0.3 is 0 Å². The molecule has 10 heavy (non-hydrogen) atoms. The molecule has 1 amide bonds. The maximum Gasteiger partial charge on any atom is 0.277 e. The van der Waals surface area contributed by atoms with Crippen LogP contribution < -0.4 is 0 Å². The first-order chi connectivity index (χ1) is 4.88. The van der Waals surface area contributed by atoms with Crippen LogP contribution in [0.1, 0.15) is 15.9 Å². The zero-order chi connectivity index (χ0) is 6.97. The van der Waals surface area contributed by atoms with Crippen molar-refractivity contribution in [2.24, 2.45) is 4.99 Å². The normalized spacial score (nSPS) is 13.8. The molecule has 47 valence electrons. The molecule has 2 rings (SSSR count). The summed E-state index contributed by atoms with van der Waals surface area (Å²) in [5, 5.41) is 0. The van der Waals surface area contributed by atoms with E-state index in [4.69, 9.17) is 0 Å². The van der Waals surface area contributed by atoms with Crippen LogP contribution in [0.15, 0.2) is 23.2 Å². The van der Waals surface area contributed by atoms with Crippen LogP contribution in [-0.2, 0) is 0 Å². The van der Waals surface area contributed by atoms with E-state index in [1.807, 2.05) is 0 Å². The van der Waals surface area contributed by atoms with E-state index >= 15 is 0 Å². The average molecular weight is 130 g/mol. The molecule has 1 aromatic carbocycles. The summed E-state index contributed by atoms with van der Waals surface area (Å²) >= 11 is 0. The lowest BCUT2D eigenvalue weighted by Gasteiger charge is -1.89. The molecule has 2 nitrogen and oxygen atoms in total. The third-order valence-electron chi connectivity index (χ3n) is 1.43. The van der Waals surface area contributed by atoms with Gasteiger partial charge in [-0.25, -0.2) is 4.99 Å². The predicted octanol–water partition coefficient (Wildman–Crippen LogP) is 1.06. The minimum Gasteiger partial charge on any atom is -0.267 e. The summed E-state index contributed by atoms with van der Waals surface area (Å²) in [6.07, 6.45) is 1.54. The summed E-state index contributed by atoms with van der Waals surface area (Å²) in [5.41, 5.74) is 1.45. The molecule has 0 aromatic heterocycles. The Morgan fingerprint density at radius 2 is 2.40 bits per heavy atom. The Morgan fingerprint density at radius 3 is 3.20 bits per heavy atom. The summed E-state index contributed by atoms with van der Waals surface area (Å²) in [6, 6.07) is 8.21. The highest BCUT2D eigenvalue weighted by Gasteiger charge is 2.12. The van der Waals surface area contributed by atoms with Crippen molar-refractivity contribution in [1.82, 2.24) is 0 Å². The Morgan fingerprint density at radius 1 is 1.50 bits per heavy atom. The summed E-state index contributed by atoms with van der Waals surface area (Å²) in [7, 11) is 0. The molecule has 1 aromatic rings. The van der Waals surface area contributed by atoms with Gasteiger partial charge in [0.05, 0.1) is 5.56 Å². The zero-order valence-electron chi connectivity index (χ0n) is 5.16. The van der Waals surface area contributed by atoms with E-state index < -0.39 is 0 Å². The second-order valence-corrected chi connectivity index (χ2v) is 2.06. The SMILES string of the molecule is O=C1N=Cc2[c]cccc21. The molecule has 2 heteroatoms. The number of benzene rings is 1. The molecule has 0 unspecified atom stereocenters. The molecule has 1 aliphatic rings. The number of nitrogens with zero attached hydrogens (tertiary/aromatic N) is 1. The Bertz CT molecular complexity index is 315. The highest BCUT2D eigenvalue weighted by Crippen LogP contribution is 2.11. The topological polar surface area (TPSA) is 29.4 Å². The van der Waals surface area contributed by atoms with E-state index in [1.165, 1.54) is 6.21 Å². The molecular weight excluding hydrogens is 126 g/mol. The van der Waals surface area contributed by atoms with Crippen molar-refractivity contribution in [3.05, 3.63) is 35.4 Å². The molecule has 0 spiro atoms. The first-order valence-electron chi connectivity index (χ1n) is 2.97. The van der Waals surface area contributed by atoms with Crippen LogP contribution in [0.25, 0.3) is 0 Å². The highest BCUT2D eigenvalue weighted by molar-refractivity contribution is 6.12. The molecule has 0 bridgehead atoms. The Kier molecular flexibility index (Phi) is 0.947. The highest BCUT2D eigenvalue weighted by atomic mass is 16.1. The molecule has 1 aliphatic heterocycles. The van der Waals surface area contributed by atoms with Crippen molar-refractivity contribution in [1.29, 1.82) is 0 Å². The smallest absolute Gasteiger partial charge is 0.267 e. The van der Waals surface area contributed by atoms with Crippen LogP contribution in [0, 0.1) is 6.07 Å². The Balaban J connectivity index is 2.70. The lowest BCUT2D eigenvalue weighted by molar-refractivity contribution is 0.101. The number of rotatable bonds is 0. The number of carbonyl (C=O) groups excluding carboxylic acids is 1. The van der Waals surface area contributed by atoms with Gasteiger partial charge in [-0.1, -0.05) is 12.1 Å². The minimum atomic E-state index is -0.160. The van der Waals surface area contributed by atoms with E-state index in [2.05, 4.69) is 11.1 Å². The average Bonchev–Trinajstić information content (AvgIpc) is 2.34. The fourth-order valence-corrected chi connectivity index (χ4v) is 0.936. The van der Waals surface area contributed by atoms with E-state index in [9.17, 15) is 4.79 Å². The van der Waals surface area contributed by atoms with Gasteiger partial charge in [0.1, 0.15) is 0 Å². The number of hydrogen-bond acceptors (Lipinski definition) is 1. The first kappa shape index (κ1) is 5.35. The third kappa shape index (κ3) is 0.589. The molecule has 0 fully saturated rings. The van der Waals surface area contributed by atoms with Crippen molar-refractivity contribution < 1.29 is 4.79 Å². The van der Waals surface area contributed by atoms with Gasteiger partial charge in [0, 0.05) is 11.8 Å². The largest absolute Gasteiger partial charge is 0.277 e. The number of hydrogen-bond donors (Lipinski definition) is 0. The quantitative estimate of drug-likeness (QED) is 0.516. The van der Waals surface area contributed by atoms with Gasteiger partial charge in [-0.15, -0.1) is 0 Å². The van der Waals surface area contributed by atoms with E-state index in [0.29, 0.717) is 5.56 Å².